The number of hydrogen-bond acceptors (Lipinski definition) is 9. The average Bonchev–Trinajstić information content (AvgIpc) is 3.29. The minimum atomic E-state index is -1.65. The van der Waals surface area contributed by atoms with Crippen molar-refractivity contribution in [3.05, 3.63) is 47.2 Å². The third kappa shape index (κ3) is 3.55. The van der Waals surface area contributed by atoms with Crippen molar-refractivity contribution in [1.29, 1.82) is 0 Å². The predicted molar refractivity (Wildman–Crippen MR) is 131 cm³/mol. The zero-order valence-corrected chi connectivity index (χ0v) is 20.9. The summed E-state index contributed by atoms with van der Waals surface area (Å²) in [5.41, 5.74) is 3.72. The molecule has 0 saturated carbocycles. The summed E-state index contributed by atoms with van der Waals surface area (Å²) in [7, 11) is 1.40. The third-order valence-corrected chi connectivity index (χ3v) is 9.11. The first kappa shape index (κ1) is 25.0. The maximum atomic E-state index is 13.7. The molecule has 0 spiro atoms. The zero-order chi connectivity index (χ0) is 26.1. The van der Waals surface area contributed by atoms with E-state index in [1.165, 1.54) is 23.9 Å². The van der Waals surface area contributed by atoms with Crippen molar-refractivity contribution in [2.24, 2.45) is 11.3 Å². The van der Waals surface area contributed by atoms with Crippen LogP contribution in [0, 0.1) is 11.3 Å². The molecule has 10 heteroatoms. The van der Waals surface area contributed by atoms with Crippen LogP contribution in [0.4, 0.5) is 0 Å². The van der Waals surface area contributed by atoms with Crippen LogP contribution in [0.1, 0.15) is 30.6 Å². The lowest BCUT2D eigenvalue weighted by Crippen LogP contribution is -2.70. The van der Waals surface area contributed by atoms with Crippen LogP contribution < -0.4 is 0 Å². The molecular formula is C27H34N2O8. The number of H-pyrrole nitrogens is 1. The number of rotatable bonds is 5. The maximum absolute atomic E-state index is 13.7. The van der Waals surface area contributed by atoms with Gasteiger partial charge >= 0.3 is 5.97 Å². The van der Waals surface area contributed by atoms with Gasteiger partial charge in [0.2, 0.25) is 0 Å². The lowest BCUT2D eigenvalue weighted by atomic mass is 9.55. The molecule has 4 bridgehead atoms. The Kier molecular flexibility index (Phi) is 6.19. The van der Waals surface area contributed by atoms with Gasteiger partial charge in [0.05, 0.1) is 26.4 Å². The molecule has 10 nitrogen and oxygen atoms in total. The molecule has 200 valence electrons. The molecular weight excluding hydrogens is 480 g/mol. The van der Waals surface area contributed by atoms with Crippen LogP contribution in [0.25, 0.3) is 10.9 Å². The summed E-state index contributed by atoms with van der Waals surface area (Å²) in [6.45, 7) is 2.61. The van der Waals surface area contributed by atoms with Gasteiger partial charge in [-0.05, 0) is 31.4 Å². The minimum absolute atomic E-state index is 0.0224. The van der Waals surface area contributed by atoms with Crippen LogP contribution in [0.5, 0.6) is 0 Å². The number of aliphatic hydroxyl groups excluding tert-OH is 4. The summed E-state index contributed by atoms with van der Waals surface area (Å²) in [6.07, 6.45) is -3.86. The van der Waals surface area contributed by atoms with Crippen molar-refractivity contribution in [3.63, 3.8) is 0 Å². The van der Waals surface area contributed by atoms with E-state index in [1.807, 2.05) is 19.1 Å². The number of carbonyl (C=O) groups excluding carboxylic acids is 1. The molecule has 7 rings (SSSR count). The van der Waals surface area contributed by atoms with Crippen molar-refractivity contribution in [2.75, 3.05) is 26.9 Å². The molecule has 4 saturated heterocycles. The van der Waals surface area contributed by atoms with Gasteiger partial charge in [-0.1, -0.05) is 29.8 Å². The quantitative estimate of drug-likeness (QED) is 0.283. The molecule has 5 aliphatic rings. The van der Waals surface area contributed by atoms with E-state index < -0.39 is 36.1 Å². The summed E-state index contributed by atoms with van der Waals surface area (Å²) in [4.78, 5) is 19.7. The van der Waals surface area contributed by atoms with Gasteiger partial charge in [-0.15, -0.1) is 0 Å². The van der Waals surface area contributed by atoms with Crippen molar-refractivity contribution < 1.29 is 39.4 Å². The van der Waals surface area contributed by atoms with Crippen molar-refractivity contribution in [1.82, 2.24) is 9.88 Å². The number of para-hydroxylation sites is 1. The normalized spacial score (nSPS) is 41.7. The van der Waals surface area contributed by atoms with Crippen LogP contribution >= 0.6 is 0 Å². The number of esters is 1. The Balaban J connectivity index is 1.34. The topological polar surface area (TPSA) is 145 Å². The van der Waals surface area contributed by atoms with E-state index in [1.54, 1.807) is 0 Å². The summed E-state index contributed by atoms with van der Waals surface area (Å²) >= 11 is 0. The van der Waals surface area contributed by atoms with E-state index in [2.05, 4.69) is 28.1 Å². The zero-order valence-electron chi connectivity index (χ0n) is 20.9. The molecule has 6 heterocycles. The van der Waals surface area contributed by atoms with E-state index in [-0.39, 0.29) is 37.2 Å². The molecule has 10 atom stereocenters. The second kappa shape index (κ2) is 9.16. The van der Waals surface area contributed by atoms with Gasteiger partial charge in [0, 0.05) is 35.1 Å². The lowest BCUT2D eigenvalue weighted by Gasteiger charge is -2.62. The predicted octanol–water partition coefficient (Wildman–Crippen LogP) is 0.391. The first-order valence-electron chi connectivity index (χ1n) is 12.9. The molecule has 4 fully saturated rings. The number of aromatic nitrogens is 1. The Labute approximate surface area is 214 Å². The Hall–Kier alpha value is -2.31. The van der Waals surface area contributed by atoms with Crippen molar-refractivity contribution in [2.45, 2.75) is 62.6 Å². The fraction of sp³-hybridized carbons (Fsp3) is 0.593. The second-order valence-electron chi connectivity index (χ2n) is 10.7. The molecule has 0 aliphatic carbocycles. The third-order valence-electron chi connectivity index (χ3n) is 9.11. The molecule has 10 unspecified atom stereocenters. The maximum Gasteiger partial charge on any atom is 0.316 e. The summed E-state index contributed by atoms with van der Waals surface area (Å²) in [5.74, 6) is -0.436. The number of benzene rings is 1. The average molecular weight is 515 g/mol. The number of allylic oxidation sites excluding steroid dienone is 1. The van der Waals surface area contributed by atoms with Crippen LogP contribution in [-0.4, -0.2) is 99.9 Å². The number of aliphatic hydroxyl groups is 4. The number of piperidine rings is 3. The number of nitrogens with one attached hydrogen (secondary N) is 1. The van der Waals surface area contributed by atoms with Gasteiger partial charge in [0.15, 0.2) is 6.29 Å². The van der Waals surface area contributed by atoms with Crippen molar-refractivity contribution in [3.8, 4) is 0 Å². The Morgan fingerprint density at radius 2 is 2.00 bits per heavy atom. The highest BCUT2D eigenvalue weighted by Gasteiger charge is 2.65. The molecule has 1 aromatic heterocycles. The molecule has 0 amide bonds. The second-order valence-corrected chi connectivity index (χ2v) is 10.7. The first-order chi connectivity index (χ1) is 17.8. The SMILES string of the molecule is CC=C1CN2C3CC1C(COCC1OC(O)C(O)C(O)C1O)(C(=O)OC)C2Cc1c3[nH]c2ccccc12. The molecule has 2 aromatic rings. The van der Waals surface area contributed by atoms with Crippen LogP contribution in [0.3, 0.4) is 0 Å². The van der Waals surface area contributed by atoms with Gasteiger partial charge < -0.3 is 39.6 Å². The summed E-state index contributed by atoms with van der Waals surface area (Å²) in [6, 6.07) is 8.23. The lowest BCUT2D eigenvalue weighted by molar-refractivity contribution is -0.290. The number of nitrogens with zero attached hydrogens (tertiary/aromatic N) is 1. The Bertz CT molecular complexity index is 1230. The van der Waals surface area contributed by atoms with E-state index in [0.717, 1.165) is 23.9 Å². The fourth-order valence-electron chi connectivity index (χ4n) is 7.27. The van der Waals surface area contributed by atoms with Crippen LogP contribution in [0.15, 0.2) is 35.9 Å². The van der Waals surface area contributed by atoms with Gasteiger partial charge in [-0.2, -0.15) is 0 Å². The molecule has 37 heavy (non-hydrogen) atoms. The number of methoxy groups -OCH3 is 1. The molecule has 5 N–H and O–H groups in total. The fourth-order valence-corrected chi connectivity index (χ4v) is 7.27. The molecule has 1 aromatic carbocycles. The number of hydrogen-bond donors (Lipinski definition) is 5. The number of ether oxygens (including phenoxy) is 3. The Morgan fingerprint density at radius 1 is 1.22 bits per heavy atom. The van der Waals surface area contributed by atoms with Gasteiger partial charge in [-0.25, -0.2) is 0 Å². The van der Waals surface area contributed by atoms with Crippen LogP contribution in [0.2, 0.25) is 0 Å². The number of aromatic amines is 1. The minimum Gasteiger partial charge on any atom is -0.468 e. The Morgan fingerprint density at radius 3 is 2.76 bits per heavy atom. The highest BCUT2D eigenvalue weighted by atomic mass is 16.6. The van der Waals surface area contributed by atoms with Gasteiger partial charge in [-0.3, -0.25) is 9.69 Å². The molecule has 5 aliphatic heterocycles. The monoisotopic (exact) mass is 514 g/mol. The number of carbonyl (C=O) groups is 1. The van der Waals surface area contributed by atoms with E-state index in [0.29, 0.717) is 6.42 Å². The summed E-state index contributed by atoms with van der Waals surface area (Å²) in [5, 5.41) is 41.2. The van der Waals surface area contributed by atoms with E-state index in [4.69, 9.17) is 14.2 Å². The largest absolute Gasteiger partial charge is 0.468 e. The standard InChI is InChI=1S/C27H34N2O8/c1-3-13-10-29-18-9-16(13)27(26(34)35-2,12-36-11-19-22(30)23(31)24(32)25(33)37-19)20(29)8-15-14-6-4-5-7-17(14)28-21(15)18/h3-7,16,18-20,22-25,28,30-33H,8-12H2,1-2H3. The number of fused-ring (bicyclic) bond motifs is 4. The van der Waals surface area contributed by atoms with Gasteiger partial charge in [0.25, 0.3) is 0 Å². The highest BCUT2D eigenvalue weighted by molar-refractivity contribution is 5.86. The molecule has 0 radical (unpaired) electrons. The smallest absolute Gasteiger partial charge is 0.316 e. The van der Waals surface area contributed by atoms with E-state index in [9.17, 15) is 25.2 Å². The first-order valence-corrected chi connectivity index (χ1v) is 12.9. The highest BCUT2D eigenvalue weighted by Crippen LogP contribution is 2.60. The van der Waals surface area contributed by atoms with E-state index >= 15 is 0 Å². The van der Waals surface area contributed by atoms with Gasteiger partial charge in [0.1, 0.15) is 29.8 Å². The van der Waals surface area contributed by atoms with Crippen molar-refractivity contribution >= 4 is 16.9 Å². The summed E-state index contributed by atoms with van der Waals surface area (Å²) < 4.78 is 16.8. The van der Waals surface area contributed by atoms with Crippen LogP contribution in [-0.2, 0) is 25.4 Å².